The van der Waals surface area contributed by atoms with Gasteiger partial charge >= 0.3 is 0 Å². The molecule has 14 heteroatoms. The number of rotatable bonds is 6. The Morgan fingerprint density at radius 3 is 2.73 bits per heavy atom. The van der Waals surface area contributed by atoms with Crippen LogP contribution in [-0.4, -0.2) is 76.4 Å². The first-order chi connectivity index (χ1) is 17.8. The molecule has 3 aromatic heterocycles. The molecule has 1 aliphatic heterocycles. The number of aromatic hydroxyl groups is 1. The molecule has 37 heavy (non-hydrogen) atoms. The van der Waals surface area contributed by atoms with Crippen LogP contribution < -0.4 is 11.1 Å². The van der Waals surface area contributed by atoms with Crippen molar-refractivity contribution in [3.63, 3.8) is 0 Å². The van der Waals surface area contributed by atoms with E-state index in [0.29, 0.717) is 10.9 Å². The molecule has 1 fully saturated rings. The highest BCUT2D eigenvalue weighted by atomic mass is 19.1. The van der Waals surface area contributed by atoms with E-state index in [1.54, 1.807) is 30.5 Å². The number of primary amides is 1. The summed E-state index contributed by atoms with van der Waals surface area (Å²) in [6.07, 6.45) is 3.73. The molecule has 2 unspecified atom stereocenters. The Morgan fingerprint density at radius 1 is 1.16 bits per heavy atom. The molecule has 0 bridgehead atoms. The Kier molecular flexibility index (Phi) is 6.13. The number of nitrogens with one attached hydrogen (secondary N) is 1. The number of carbonyl (C=O) groups is 3. The van der Waals surface area contributed by atoms with Gasteiger partial charge in [0.05, 0.1) is 30.7 Å². The molecular formula is C23H20FN9O4. The zero-order valence-corrected chi connectivity index (χ0v) is 19.2. The Balaban J connectivity index is 1.41. The topological polar surface area (TPSA) is 182 Å². The van der Waals surface area contributed by atoms with Gasteiger partial charge in [-0.1, -0.05) is 6.07 Å². The fourth-order valence-corrected chi connectivity index (χ4v) is 4.28. The molecule has 188 valence electrons. The summed E-state index contributed by atoms with van der Waals surface area (Å²) in [5.41, 5.74) is 7.38. The van der Waals surface area contributed by atoms with Crippen LogP contribution in [0.15, 0.2) is 49.2 Å². The monoisotopic (exact) mass is 505 g/mol. The van der Waals surface area contributed by atoms with Crippen molar-refractivity contribution in [1.29, 1.82) is 0 Å². The number of benzene rings is 1. The van der Waals surface area contributed by atoms with Gasteiger partial charge in [0.25, 0.3) is 5.91 Å². The molecule has 1 aliphatic rings. The van der Waals surface area contributed by atoms with Crippen LogP contribution >= 0.6 is 0 Å². The maximum Gasteiger partial charge on any atom is 0.269 e. The number of hydrogen-bond acceptors (Lipinski definition) is 9. The van der Waals surface area contributed by atoms with Crippen molar-refractivity contribution in [3.05, 3.63) is 54.9 Å². The SMILES string of the molecule is NC(=O)c1nn(CC(=O)N2CC(F)CC2C(=O)Nc2cncnc2O)c2ccc(-c3ccnnc3)cc12. The van der Waals surface area contributed by atoms with E-state index in [4.69, 9.17) is 5.73 Å². The minimum absolute atomic E-state index is 0.0368. The second-order valence-electron chi connectivity index (χ2n) is 8.38. The van der Waals surface area contributed by atoms with Crippen LogP contribution in [0, 0.1) is 0 Å². The first-order valence-corrected chi connectivity index (χ1v) is 11.1. The molecule has 4 heterocycles. The average molecular weight is 505 g/mol. The van der Waals surface area contributed by atoms with Gasteiger partial charge in [-0.3, -0.25) is 19.1 Å². The zero-order chi connectivity index (χ0) is 26.1. The smallest absolute Gasteiger partial charge is 0.269 e. The van der Waals surface area contributed by atoms with Gasteiger partial charge in [0.1, 0.15) is 30.8 Å². The number of likely N-dealkylation sites (tertiary alicyclic amines) is 1. The fourth-order valence-electron chi connectivity index (χ4n) is 4.28. The van der Waals surface area contributed by atoms with Crippen molar-refractivity contribution in [2.45, 2.75) is 25.2 Å². The van der Waals surface area contributed by atoms with Gasteiger partial charge in [-0.2, -0.15) is 15.3 Å². The molecule has 3 amide bonds. The standard InChI is InChI=1S/C23H20FN9O4/c24-14-6-18(23(37)30-16-8-26-11-27-22(16)36)32(9-14)19(34)10-33-17-2-1-12(13-3-4-28-29-7-13)5-15(17)20(31-33)21(25)35/h1-5,7-8,11,14,18H,6,9-10H2,(H2,25,35)(H,30,37)(H,26,27,36). The lowest BCUT2D eigenvalue weighted by Gasteiger charge is -2.23. The van der Waals surface area contributed by atoms with Gasteiger partial charge in [0, 0.05) is 17.4 Å². The van der Waals surface area contributed by atoms with Crippen LogP contribution in [0.25, 0.3) is 22.0 Å². The fraction of sp³-hybridized carbons (Fsp3) is 0.217. The number of aromatic nitrogens is 6. The van der Waals surface area contributed by atoms with Gasteiger partial charge in [0.2, 0.25) is 17.7 Å². The summed E-state index contributed by atoms with van der Waals surface area (Å²) in [6, 6.07) is 5.77. The molecule has 1 saturated heterocycles. The van der Waals surface area contributed by atoms with Crippen molar-refractivity contribution in [2.24, 2.45) is 5.73 Å². The summed E-state index contributed by atoms with van der Waals surface area (Å²) in [7, 11) is 0. The van der Waals surface area contributed by atoms with Crippen LogP contribution in [-0.2, 0) is 16.1 Å². The van der Waals surface area contributed by atoms with Gasteiger partial charge in [-0.25, -0.2) is 14.4 Å². The number of hydrogen-bond donors (Lipinski definition) is 3. The van der Waals surface area contributed by atoms with Gasteiger partial charge in [-0.15, -0.1) is 0 Å². The number of alkyl halides is 1. The minimum atomic E-state index is -1.42. The predicted molar refractivity (Wildman–Crippen MR) is 127 cm³/mol. The lowest BCUT2D eigenvalue weighted by atomic mass is 10.0. The third-order valence-electron chi connectivity index (χ3n) is 6.01. The summed E-state index contributed by atoms with van der Waals surface area (Å²) in [6.45, 7) is -0.661. The van der Waals surface area contributed by atoms with Crippen LogP contribution in [0.4, 0.5) is 10.1 Å². The second-order valence-corrected chi connectivity index (χ2v) is 8.38. The van der Waals surface area contributed by atoms with Crippen molar-refractivity contribution in [1.82, 2.24) is 34.8 Å². The Morgan fingerprint density at radius 2 is 2.00 bits per heavy atom. The largest absolute Gasteiger partial charge is 0.492 e. The van der Waals surface area contributed by atoms with E-state index in [0.717, 1.165) is 22.4 Å². The van der Waals surface area contributed by atoms with Gasteiger partial charge < -0.3 is 21.1 Å². The van der Waals surface area contributed by atoms with Gasteiger partial charge in [-0.05, 0) is 23.8 Å². The molecule has 1 aromatic carbocycles. The maximum absolute atomic E-state index is 14.3. The van der Waals surface area contributed by atoms with Crippen LogP contribution in [0.1, 0.15) is 16.9 Å². The van der Waals surface area contributed by atoms with Crippen LogP contribution in [0.3, 0.4) is 0 Å². The summed E-state index contributed by atoms with van der Waals surface area (Å²) in [5.74, 6) is -2.53. The number of halogens is 1. The molecular weight excluding hydrogens is 485 g/mol. The average Bonchev–Trinajstić information content (AvgIpc) is 3.46. The van der Waals surface area contributed by atoms with E-state index >= 15 is 0 Å². The molecule has 0 radical (unpaired) electrons. The molecule has 0 saturated carbocycles. The zero-order valence-electron chi connectivity index (χ0n) is 19.2. The number of amides is 3. The van der Waals surface area contributed by atoms with E-state index in [-0.39, 0.29) is 30.9 Å². The Labute approximate surface area is 208 Å². The van der Waals surface area contributed by atoms with Gasteiger partial charge in [0.15, 0.2) is 5.69 Å². The van der Waals surface area contributed by atoms with E-state index in [1.807, 2.05) is 0 Å². The first-order valence-electron chi connectivity index (χ1n) is 11.1. The highest BCUT2D eigenvalue weighted by Crippen LogP contribution is 2.28. The highest BCUT2D eigenvalue weighted by molar-refractivity contribution is 6.05. The lowest BCUT2D eigenvalue weighted by Crippen LogP contribution is -2.44. The number of nitrogens with two attached hydrogens (primary N) is 1. The molecule has 0 aliphatic carbocycles. The second kappa shape index (κ2) is 9.56. The molecule has 2 atom stereocenters. The number of nitrogens with zero attached hydrogens (tertiary/aromatic N) is 7. The Hall–Kier alpha value is -5.01. The third kappa shape index (κ3) is 4.63. The minimum Gasteiger partial charge on any atom is -0.492 e. The van der Waals surface area contributed by atoms with Crippen molar-refractivity contribution < 1.29 is 23.9 Å². The van der Waals surface area contributed by atoms with Crippen molar-refractivity contribution >= 4 is 34.3 Å². The molecule has 5 rings (SSSR count). The quantitative estimate of drug-likeness (QED) is 0.339. The lowest BCUT2D eigenvalue weighted by molar-refractivity contribution is -0.137. The summed E-state index contributed by atoms with van der Waals surface area (Å²) in [5, 5.41) is 24.5. The Bertz CT molecular complexity index is 1510. The molecule has 13 nitrogen and oxygen atoms in total. The molecule has 0 spiro atoms. The van der Waals surface area contributed by atoms with Crippen LogP contribution in [0.5, 0.6) is 5.88 Å². The third-order valence-corrected chi connectivity index (χ3v) is 6.01. The highest BCUT2D eigenvalue weighted by Gasteiger charge is 2.40. The summed E-state index contributed by atoms with van der Waals surface area (Å²) in [4.78, 5) is 46.5. The van der Waals surface area contributed by atoms with E-state index in [9.17, 15) is 23.9 Å². The normalized spacial score (nSPS) is 17.2. The number of carbonyl (C=O) groups excluding carboxylic acids is 3. The van der Waals surface area contributed by atoms with Crippen molar-refractivity contribution in [2.75, 3.05) is 11.9 Å². The summed E-state index contributed by atoms with van der Waals surface area (Å²) < 4.78 is 15.6. The van der Waals surface area contributed by atoms with E-state index < -0.39 is 35.8 Å². The molecule has 4 N–H and O–H groups in total. The van der Waals surface area contributed by atoms with E-state index in [2.05, 4.69) is 30.6 Å². The number of anilines is 1. The maximum atomic E-state index is 14.3. The van der Waals surface area contributed by atoms with Crippen LogP contribution in [0.2, 0.25) is 0 Å². The molecule has 4 aromatic rings. The van der Waals surface area contributed by atoms with Crippen molar-refractivity contribution in [3.8, 4) is 17.0 Å². The van der Waals surface area contributed by atoms with E-state index in [1.165, 1.54) is 17.1 Å². The summed E-state index contributed by atoms with van der Waals surface area (Å²) >= 11 is 0. The number of fused-ring (bicyclic) bond motifs is 1. The first kappa shape index (κ1) is 23.7. The predicted octanol–water partition coefficient (Wildman–Crippen LogP) is 0.665.